The Kier molecular flexibility index (Phi) is 6.65. The van der Waals surface area contributed by atoms with Crippen LogP contribution in [0.3, 0.4) is 0 Å². The maximum Gasteiger partial charge on any atom is 0.262 e. The second-order valence-corrected chi connectivity index (χ2v) is 9.20. The number of carbonyl (C=O) groups excluding carboxylic acids is 2. The van der Waals surface area contributed by atoms with Gasteiger partial charge in [-0.25, -0.2) is 0 Å². The smallest absolute Gasteiger partial charge is 0.262 e. The first kappa shape index (κ1) is 20.3. The number of thiophene rings is 2. The standard InChI is InChI=1S/C22H24N2O2S2/c1-14-12-18(16(3)28-14)15(2)23-21(25)19(13-17-8-5-4-6-9-17)24-22(26)20-10-7-11-27-20/h4-12,15,19H,13H2,1-3H3,(H,23,25)(H,24,26)/t15-,19+/m0/s1. The van der Waals surface area contributed by atoms with Crippen molar-refractivity contribution in [1.82, 2.24) is 10.6 Å². The molecule has 0 fully saturated rings. The van der Waals surface area contributed by atoms with Gasteiger partial charge >= 0.3 is 0 Å². The van der Waals surface area contributed by atoms with Gasteiger partial charge in [0.2, 0.25) is 5.91 Å². The molecule has 0 aliphatic carbocycles. The van der Waals surface area contributed by atoms with E-state index in [-0.39, 0.29) is 17.9 Å². The lowest BCUT2D eigenvalue weighted by atomic mass is 10.0. The average molecular weight is 413 g/mol. The highest BCUT2D eigenvalue weighted by molar-refractivity contribution is 7.12. The largest absolute Gasteiger partial charge is 0.348 e. The molecule has 2 atom stereocenters. The summed E-state index contributed by atoms with van der Waals surface area (Å²) in [6.45, 7) is 6.11. The molecule has 3 rings (SSSR count). The van der Waals surface area contributed by atoms with Crippen LogP contribution < -0.4 is 10.6 Å². The van der Waals surface area contributed by atoms with Crippen molar-refractivity contribution in [3.8, 4) is 0 Å². The zero-order valence-electron chi connectivity index (χ0n) is 16.2. The van der Waals surface area contributed by atoms with E-state index in [1.807, 2.05) is 48.7 Å². The zero-order chi connectivity index (χ0) is 20.1. The Labute approximate surface area is 173 Å². The summed E-state index contributed by atoms with van der Waals surface area (Å²) < 4.78 is 0. The molecule has 0 aliphatic heterocycles. The van der Waals surface area contributed by atoms with Crippen LogP contribution in [0.4, 0.5) is 0 Å². The minimum absolute atomic E-state index is 0.116. The molecule has 0 spiro atoms. The first-order valence-electron chi connectivity index (χ1n) is 9.19. The summed E-state index contributed by atoms with van der Waals surface area (Å²) in [7, 11) is 0. The number of rotatable bonds is 7. The molecule has 0 saturated carbocycles. The summed E-state index contributed by atoms with van der Waals surface area (Å²) >= 11 is 3.09. The Morgan fingerprint density at radius 2 is 1.79 bits per heavy atom. The fourth-order valence-electron chi connectivity index (χ4n) is 3.17. The van der Waals surface area contributed by atoms with Gasteiger partial charge in [0.05, 0.1) is 10.9 Å². The van der Waals surface area contributed by atoms with E-state index in [9.17, 15) is 9.59 Å². The molecule has 2 N–H and O–H groups in total. The van der Waals surface area contributed by atoms with Crippen molar-refractivity contribution in [3.05, 3.63) is 79.7 Å². The quantitative estimate of drug-likeness (QED) is 0.594. The number of aryl methyl sites for hydroxylation is 2. The Bertz CT molecular complexity index is 933. The van der Waals surface area contributed by atoms with Gasteiger partial charge in [0.25, 0.3) is 5.91 Å². The molecular weight excluding hydrogens is 388 g/mol. The summed E-state index contributed by atoms with van der Waals surface area (Å²) in [5.41, 5.74) is 2.13. The highest BCUT2D eigenvalue weighted by Gasteiger charge is 2.24. The fraction of sp³-hybridized carbons (Fsp3) is 0.273. The Morgan fingerprint density at radius 1 is 1.04 bits per heavy atom. The van der Waals surface area contributed by atoms with Crippen LogP contribution in [0, 0.1) is 13.8 Å². The minimum Gasteiger partial charge on any atom is -0.348 e. The van der Waals surface area contributed by atoms with E-state index < -0.39 is 6.04 Å². The Balaban J connectivity index is 1.75. The SMILES string of the molecule is Cc1cc([C@H](C)NC(=O)[C@@H](Cc2ccccc2)NC(=O)c2cccs2)c(C)s1. The van der Waals surface area contributed by atoms with E-state index in [4.69, 9.17) is 0 Å². The van der Waals surface area contributed by atoms with Gasteiger partial charge in [-0.1, -0.05) is 36.4 Å². The second kappa shape index (κ2) is 9.17. The van der Waals surface area contributed by atoms with Crippen LogP contribution in [0.25, 0.3) is 0 Å². The topological polar surface area (TPSA) is 58.2 Å². The van der Waals surface area contributed by atoms with Crippen LogP contribution in [0.2, 0.25) is 0 Å². The molecule has 3 aromatic rings. The lowest BCUT2D eigenvalue weighted by molar-refractivity contribution is -0.123. The maximum absolute atomic E-state index is 13.0. The Hall–Kier alpha value is -2.44. The third-order valence-electron chi connectivity index (χ3n) is 4.55. The molecular formula is C22H24N2O2S2. The normalized spacial score (nSPS) is 13.0. The zero-order valence-corrected chi connectivity index (χ0v) is 17.8. The number of carbonyl (C=O) groups is 2. The van der Waals surface area contributed by atoms with Gasteiger partial charge in [0, 0.05) is 16.2 Å². The van der Waals surface area contributed by atoms with Gasteiger partial charge in [0.15, 0.2) is 0 Å². The van der Waals surface area contributed by atoms with Gasteiger partial charge in [-0.05, 0) is 49.4 Å². The maximum atomic E-state index is 13.0. The summed E-state index contributed by atoms with van der Waals surface area (Å²) in [5.74, 6) is -0.397. The molecule has 2 amide bonds. The number of nitrogens with one attached hydrogen (secondary N) is 2. The molecule has 6 heteroatoms. The molecule has 0 aliphatic rings. The number of hydrogen-bond donors (Lipinski definition) is 2. The predicted molar refractivity (Wildman–Crippen MR) is 116 cm³/mol. The van der Waals surface area contributed by atoms with Gasteiger partial charge in [-0.15, -0.1) is 22.7 Å². The lowest BCUT2D eigenvalue weighted by Gasteiger charge is -2.21. The summed E-state index contributed by atoms with van der Waals surface area (Å²) in [4.78, 5) is 28.6. The minimum atomic E-state index is -0.639. The van der Waals surface area contributed by atoms with E-state index in [2.05, 4.69) is 30.5 Å². The molecule has 28 heavy (non-hydrogen) atoms. The summed E-state index contributed by atoms with van der Waals surface area (Å²) in [6.07, 6.45) is 0.443. The van der Waals surface area contributed by atoms with Crippen molar-refractivity contribution in [2.75, 3.05) is 0 Å². The van der Waals surface area contributed by atoms with Crippen LogP contribution in [0.1, 0.15) is 43.5 Å². The van der Waals surface area contributed by atoms with Crippen molar-refractivity contribution in [3.63, 3.8) is 0 Å². The van der Waals surface area contributed by atoms with Crippen molar-refractivity contribution in [2.24, 2.45) is 0 Å². The van der Waals surface area contributed by atoms with Crippen molar-refractivity contribution >= 4 is 34.5 Å². The molecule has 0 radical (unpaired) electrons. The van der Waals surface area contributed by atoms with Crippen molar-refractivity contribution in [1.29, 1.82) is 0 Å². The number of amides is 2. The van der Waals surface area contributed by atoms with Crippen LogP contribution in [0.5, 0.6) is 0 Å². The van der Waals surface area contributed by atoms with Crippen LogP contribution >= 0.6 is 22.7 Å². The van der Waals surface area contributed by atoms with E-state index in [0.29, 0.717) is 11.3 Å². The lowest BCUT2D eigenvalue weighted by Crippen LogP contribution is -2.48. The van der Waals surface area contributed by atoms with Crippen molar-refractivity contribution < 1.29 is 9.59 Å². The molecule has 1 aromatic carbocycles. The first-order valence-corrected chi connectivity index (χ1v) is 10.9. The van der Waals surface area contributed by atoms with Crippen LogP contribution in [0.15, 0.2) is 53.9 Å². The van der Waals surface area contributed by atoms with Gasteiger partial charge in [-0.2, -0.15) is 0 Å². The van der Waals surface area contributed by atoms with Gasteiger partial charge in [0.1, 0.15) is 6.04 Å². The average Bonchev–Trinajstić information content (AvgIpc) is 3.31. The predicted octanol–water partition coefficient (Wildman–Crippen LogP) is 4.64. The second-order valence-electron chi connectivity index (χ2n) is 6.79. The summed E-state index contributed by atoms with van der Waals surface area (Å²) in [6, 6.07) is 14.7. The highest BCUT2D eigenvalue weighted by Crippen LogP contribution is 2.26. The Morgan fingerprint density at radius 3 is 2.39 bits per heavy atom. The molecule has 2 heterocycles. The van der Waals surface area contributed by atoms with E-state index in [0.717, 1.165) is 11.1 Å². The van der Waals surface area contributed by atoms with E-state index >= 15 is 0 Å². The highest BCUT2D eigenvalue weighted by atomic mass is 32.1. The molecule has 2 aromatic heterocycles. The van der Waals surface area contributed by atoms with Crippen molar-refractivity contribution in [2.45, 2.75) is 39.3 Å². The molecule has 146 valence electrons. The third-order valence-corrected chi connectivity index (χ3v) is 6.40. The summed E-state index contributed by atoms with van der Waals surface area (Å²) in [5, 5.41) is 7.84. The third kappa shape index (κ3) is 5.09. The first-order chi connectivity index (χ1) is 13.4. The molecule has 0 saturated heterocycles. The molecule has 4 nitrogen and oxygen atoms in total. The number of hydrogen-bond acceptors (Lipinski definition) is 4. The van der Waals surface area contributed by atoms with E-state index in [1.165, 1.54) is 21.1 Å². The van der Waals surface area contributed by atoms with Crippen LogP contribution in [-0.4, -0.2) is 17.9 Å². The van der Waals surface area contributed by atoms with Gasteiger partial charge < -0.3 is 10.6 Å². The van der Waals surface area contributed by atoms with Gasteiger partial charge in [-0.3, -0.25) is 9.59 Å². The number of benzene rings is 1. The fourth-order valence-corrected chi connectivity index (χ4v) is 4.82. The van der Waals surface area contributed by atoms with E-state index in [1.54, 1.807) is 17.4 Å². The molecule has 0 unspecified atom stereocenters. The molecule has 0 bridgehead atoms. The van der Waals surface area contributed by atoms with Crippen LogP contribution in [-0.2, 0) is 11.2 Å². The monoisotopic (exact) mass is 412 g/mol.